The van der Waals surface area contributed by atoms with Gasteiger partial charge in [0.25, 0.3) is 0 Å². The second-order valence-corrected chi connectivity index (χ2v) is 2.27. The molecule has 0 fully saturated rings. The molecule has 0 N–H and O–H groups in total. The van der Waals surface area contributed by atoms with E-state index in [0.717, 1.165) is 17.1 Å². The van der Waals surface area contributed by atoms with Crippen LogP contribution in [0.2, 0.25) is 0 Å². The Morgan fingerprint density at radius 2 is 2.30 bits per heavy atom. The van der Waals surface area contributed by atoms with E-state index >= 15 is 0 Å². The Hall–Kier alpha value is -1.23. The first kappa shape index (κ1) is 6.88. The van der Waals surface area contributed by atoms with Gasteiger partial charge in [-0.05, 0) is 19.9 Å². The van der Waals surface area contributed by atoms with E-state index in [9.17, 15) is 0 Å². The van der Waals surface area contributed by atoms with E-state index in [1.165, 1.54) is 0 Å². The van der Waals surface area contributed by atoms with Crippen LogP contribution < -0.4 is 0 Å². The summed E-state index contributed by atoms with van der Waals surface area (Å²) in [6.45, 7) is 3.76. The Kier molecular flexibility index (Phi) is 1.77. The number of furan rings is 1. The topological polar surface area (TPSA) is 36.9 Å². The lowest BCUT2D eigenvalue weighted by molar-refractivity contribution is 0.502. The minimum Gasteiger partial charge on any atom is -0.466 e. The smallest absolute Gasteiger partial charge is 0.105 e. The largest absolute Gasteiger partial charge is 0.466 e. The number of aryl methyl sites for hydroxylation is 2. The summed E-state index contributed by atoms with van der Waals surface area (Å²) in [6.07, 6.45) is 0.448. The molecule has 1 aromatic heterocycles. The van der Waals surface area contributed by atoms with Gasteiger partial charge in [0.1, 0.15) is 11.5 Å². The number of nitriles is 1. The van der Waals surface area contributed by atoms with Crippen LogP contribution in [0.5, 0.6) is 0 Å². The Labute approximate surface area is 60.1 Å². The summed E-state index contributed by atoms with van der Waals surface area (Å²) in [7, 11) is 0. The quantitative estimate of drug-likeness (QED) is 0.590. The lowest BCUT2D eigenvalue weighted by Gasteiger charge is -1.84. The Morgan fingerprint density at radius 1 is 1.60 bits per heavy atom. The first-order valence-electron chi connectivity index (χ1n) is 3.17. The highest BCUT2D eigenvalue weighted by atomic mass is 16.3. The summed E-state index contributed by atoms with van der Waals surface area (Å²) in [5.74, 6) is 1.74. The van der Waals surface area contributed by atoms with Gasteiger partial charge < -0.3 is 4.42 Å². The van der Waals surface area contributed by atoms with Gasteiger partial charge in [-0.2, -0.15) is 5.26 Å². The van der Waals surface area contributed by atoms with Gasteiger partial charge in [-0.15, -0.1) is 0 Å². The molecule has 0 bridgehead atoms. The van der Waals surface area contributed by atoms with Crippen molar-refractivity contribution in [2.24, 2.45) is 0 Å². The third-order valence-electron chi connectivity index (χ3n) is 1.41. The first-order chi connectivity index (χ1) is 4.74. The van der Waals surface area contributed by atoms with Gasteiger partial charge in [-0.25, -0.2) is 0 Å². The normalized spacial score (nSPS) is 9.30. The molecule has 0 aliphatic carbocycles. The molecule has 52 valence electrons. The van der Waals surface area contributed by atoms with Gasteiger partial charge in [-0.1, -0.05) is 0 Å². The fraction of sp³-hybridized carbons (Fsp3) is 0.375. The van der Waals surface area contributed by atoms with Crippen molar-refractivity contribution in [3.05, 3.63) is 23.2 Å². The average molecular weight is 135 g/mol. The minimum absolute atomic E-state index is 0.448. The molecule has 1 rings (SSSR count). The fourth-order valence-electron chi connectivity index (χ4n) is 0.944. The van der Waals surface area contributed by atoms with Crippen molar-refractivity contribution in [2.45, 2.75) is 20.3 Å². The lowest BCUT2D eigenvalue weighted by Crippen LogP contribution is -1.78. The van der Waals surface area contributed by atoms with E-state index in [1.54, 1.807) is 0 Å². The van der Waals surface area contributed by atoms with Crippen LogP contribution in [-0.4, -0.2) is 0 Å². The Morgan fingerprint density at radius 3 is 2.70 bits per heavy atom. The molecule has 0 saturated carbocycles. The first-order valence-corrected chi connectivity index (χ1v) is 3.17. The molecule has 0 saturated heterocycles. The van der Waals surface area contributed by atoms with Crippen molar-refractivity contribution in [3.63, 3.8) is 0 Å². The molecule has 0 atom stereocenters. The molecule has 0 aromatic carbocycles. The zero-order valence-corrected chi connectivity index (χ0v) is 6.14. The van der Waals surface area contributed by atoms with Crippen LogP contribution in [0.1, 0.15) is 17.1 Å². The molecule has 0 unspecified atom stereocenters. The van der Waals surface area contributed by atoms with Crippen molar-refractivity contribution in [2.75, 3.05) is 0 Å². The summed E-state index contributed by atoms with van der Waals surface area (Å²) >= 11 is 0. The highest BCUT2D eigenvalue weighted by Gasteiger charge is 2.01. The van der Waals surface area contributed by atoms with Gasteiger partial charge >= 0.3 is 0 Å². The van der Waals surface area contributed by atoms with E-state index in [0.29, 0.717) is 6.42 Å². The van der Waals surface area contributed by atoms with E-state index in [4.69, 9.17) is 9.68 Å². The number of rotatable bonds is 1. The molecule has 0 radical (unpaired) electrons. The van der Waals surface area contributed by atoms with Crippen molar-refractivity contribution in [1.29, 1.82) is 5.26 Å². The molecule has 10 heavy (non-hydrogen) atoms. The van der Waals surface area contributed by atoms with E-state index in [1.807, 2.05) is 19.9 Å². The van der Waals surface area contributed by atoms with E-state index in [-0.39, 0.29) is 0 Å². The molecule has 1 aromatic rings. The molecular formula is C8H9NO. The summed E-state index contributed by atoms with van der Waals surface area (Å²) in [4.78, 5) is 0. The van der Waals surface area contributed by atoms with Crippen molar-refractivity contribution in [3.8, 4) is 6.07 Å². The number of nitrogens with zero attached hydrogens (tertiary/aromatic N) is 1. The van der Waals surface area contributed by atoms with Crippen LogP contribution in [0.15, 0.2) is 10.5 Å². The summed E-state index contributed by atoms with van der Waals surface area (Å²) in [6, 6.07) is 3.98. The third kappa shape index (κ3) is 1.19. The number of hydrogen-bond acceptors (Lipinski definition) is 2. The SMILES string of the molecule is Cc1cc(CC#N)c(C)o1. The van der Waals surface area contributed by atoms with Gasteiger partial charge in [0.15, 0.2) is 0 Å². The maximum absolute atomic E-state index is 8.36. The second-order valence-electron chi connectivity index (χ2n) is 2.27. The summed E-state index contributed by atoms with van der Waals surface area (Å²) in [5, 5.41) is 8.36. The summed E-state index contributed by atoms with van der Waals surface area (Å²) < 4.78 is 5.22. The van der Waals surface area contributed by atoms with Crippen LogP contribution in [0.4, 0.5) is 0 Å². The molecule has 2 nitrogen and oxygen atoms in total. The van der Waals surface area contributed by atoms with Gasteiger partial charge in [0.05, 0.1) is 12.5 Å². The van der Waals surface area contributed by atoms with Gasteiger partial charge in [0.2, 0.25) is 0 Å². The van der Waals surface area contributed by atoms with Crippen LogP contribution in [0.3, 0.4) is 0 Å². The standard InChI is InChI=1S/C8H9NO/c1-6-5-8(3-4-9)7(2)10-6/h5H,3H2,1-2H3. The molecule has 0 aliphatic heterocycles. The van der Waals surface area contributed by atoms with Crippen LogP contribution >= 0.6 is 0 Å². The zero-order valence-electron chi connectivity index (χ0n) is 6.14. The van der Waals surface area contributed by atoms with Crippen molar-refractivity contribution < 1.29 is 4.42 Å². The molecule has 2 heteroatoms. The van der Waals surface area contributed by atoms with Gasteiger partial charge in [0, 0.05) is 5.56 Å². The average Bonchev–Trinajstić information content (AvgIpc) is 2.13. The number of hydrogen-bond donors (Lipinski definition) is 0. The van der Waals surface area contributed by atoms with Crippen LogP contribution in [0.25, 0.3) is 0 Å². The molecular weight excluding hydrogens is 126 g/mol. The van der Waals surface area contributed by atoms with Gasteiger partial charge in [-0.3, -0.25) is 0 Å². The minimum atomic E-state index is 0.448. The maximum Gasteiger partial charge on any atom is 0.105 e. The summed E-state index contributed by atoms with van der Waals surface area (Å²) in [5.41, 5.74) is 1.00. The highest BCUT2D eigenvalue weighted by molar-refractivity contribution is 5.22. The lowest BCUT2D eigenvalue weighted by atomic mass is 10.2. The van der Waals surface area contributed by atoms with Crippen LogP contribution in [0, 0.1) is 25.2 Å². The molecule has 1 heterocycles. The third-order valence-corrected chi connectivity index (χ3v) is 1.41. The van der Waals surface area contributed by atoms with Crippen molar-refractivity contribution >= 4 is 0 Å². The molecule has 0 aliphatic rings. The van der Waals surface area contributed by atoms with Crippen molar-refractivity contribution in [1.82, 2.24) is 0 Å². The predicted molar refractivity (Wildman–Crippen MR) is 37.5 cm³/mol. The highest BCUT2D eigenvalue weighted by Crippen LogP contribution is 2.13. The fourth-order valence-corrected chi connectivity index (χ4v) is 0.944. The van der Waals surface area contributed by atoms with E-state index < -0.39 is 0 Å². The van der Waals surface area contributed by atoms with Crippen LogP contribution in [-0.2, 0) is 6.42 Å². The Balaban J connectivity index is 2.94. The molecule has 0 amide bonds. The molecule has 0 spiro atoms. The van der Waals surface area contributed by atoms with E-state index in [2.05, 4.69) is 6.07 Å². The monoisotopic (exact) mass is 135 g/mol. The zero-order chi connectivity index (χ0) is 7.56. The maximum atomic E-state index is 8.36. The predicted octanol–water partition coefficient (Wildman–Crippen LogP) is 1.96. The second kappa shape index (κ2) is 2.57. The Bertz CT molecular complexity index is 267.